The van der Waals surface area contributed by atoms with E-state index in [-0.39, 0.29) is 5.97 Å². The molecule has 0 aromatic heterocycles. The highest BCUT2D eigenvalue weighted by molar-refractivity contribution is 5.89. The van der Waals surface area contributed by atoms with Gasteiger partial charge >= 0.3 is 5.97 Å². The molecule has 3 N–H and O–H groups in total. The molecule has 1 aromatic rings. The van der Waals surface area contributed by atoms with E-state index in [4.69, 9.17) is 5.73 Å². The van der Waals surface area contributed by atoms with Crippen molar-refractivity contribution in [3.05, 3.63) is 35.4 Å². The number of nitrogens with one attached hydrogen (secondary N) is 1. The smallest absolute Gasteiger partial charge is 0.337 e. The molecule has 0 spiro atoms. The summed E-state index contributed by atoms with van der Waals surface area (Å²) in [5.41, 5.74) is 7.20. The van der Waals surface area contributed by atoms with E-state index in [2.05, 4.69) is 22.0 Å². The number of esters is 1. The summed E-state index contributed by atoms with van der Waals surface area (Å²) in [4.78, 5) is 15.6. The second-order valence-corrected chi connectivity index (χ2v) is 4.35. The maximum Gasteiger partial charge on any atom is 0.337 e. The molecule has 0 fully saturated rings. The van der Waals surface area contributed by atoms with Crippen LogP contribution in [-0.2, 0) is 11.3 Å². The molecule has 5 heteroatoms. The Morgan fingerprint density at radius 2 is 2.26 bits per heavy atom. The minimum absolute atomic E-state index is 0.296. The lowest BCUT2D eigenvalue weighted by Gasteiger charge is -2.11. The first kappa shape index (κ1) is 15.0. The van der Waals surface area contributed by atoms with Crippen LogP contribution in [0.4, 0.5) is 0 Å². The zero-order chi connectivity index (χ0) is 14.3. The van der Waals surface area contributed by atoms with Crippen molar-refractivity contribution in [2.45, 2.75) is 32.9 Å². The van der Waals surface area contributed by atoms with E-state index in [1.165, 1.54) is 7.11 Å². The number of hydrogen-bond acceptors (Lipinski definition) is 3. The maximum absolute atomic E-state index is 11.4. The summed E-state index contributed by atoms with van der Waals surface area (Å²) in [5, 5.41) is 3.08. The molecule has 19 heavy (non-hydrogen) atoms. The summed E-state index contributed by atoms with van der Waals surface area (Å²) < 4.78 is 4.67. The number of guanidine groups is 1. The van der Waals surface area contributed by atoms with E-state index in [0.717, 1.165) is 12.0 Å². The summed E-state index contributed by atoms with van der Waals surface area (Å²) >= 11 is 0. The number of aliphatic imine (C=N–C) groups is 1. The lowest BCUT2D eigenvalue weighted by molar-refractivity contribution is 0.0600. The van der Waals surface area contributed by atoms with Crippen LogP contribution in [0.2, 0.25) is 0 Å². The molecule has 5 nitrogen and oxygen atoms in total. The third-order valence-corrected chi connectivity index (χ3v) is 2.79. The normalized spacial score (nSPS) is 12.9. The van der Waals surface area contributed by atoms with Crippen molar-refractivity contribution in [1.82, 2.24) is 5.32 Å². The van der Waals surface area contributed by atoms with Gasteiger partial charge < -0.3 is 15.8 Å². The van der Waals surface area contributed by atoms with Crippen LogP contribution in [0, 0.1) is 0 Å². The Morgan fingerprint density at radius 3 is 2.89 bits per heavy atom. The van der Waals surface area contributed by atoms with Crippen LogP contribution >= 0.6 is 0 Å². The summed E-state index contributed by atoms with van der Waals surface area (Å²) in [6, 6.07) is 7.46. The van der Waals surface area contributed by atoms with Crippen LogP contribution < -0.4 is 11.1 Å². The highest BCUT2D eigenvalue weighted by Gasteiger charge is 2.05. The van der Waals surface area contributed by atoms with Gasteiger partial charge in [0.1, 0.15) is 0 Å². The Bertz CT molecular complexity index is 458. The first-order valence-corrected chi connectivity index (χ1v) is 6.30. The van der Waals surface area contributed by atoms with Crippen molar-refractivity contribution in [1.29, 1.82) is 0 Å². The zero-order valence-electron chi connectivity index (χ0n) is 11.6. The quantitative estimate of drug-likeness (QED) is 0.481. The molecule has 0 radical (unpaired) electrons. The topological polar surface area (TPSA) is 76.7 Å². The molecule has 0 saturated carbocycles. The molecule has 0 aliphatic rings. The summed E-state index contributed by atoms with van der Waals surface area (Å²) in [6.07, 6.45) is 0.980. The highest BCUT2D eigenvalue weighted by atomic mass is 16.5. The predicted octanol–water partition coefficient (Wildman–Crippen LogP) is 1.68. The highest BCUT2D eigenvalue weighted by Crippen LogP contribution is 2.07. The van der Waals surface area contributed by atoms with Crippen LogP contribution in [0.1, 0.15) is 36.2 Å². The van der Waals surface area contributed by atoms with E-state index >= 15 is 0 Å². The molecule has 1 aromatic carbocycles. The van der Waals surface area contributed by atoms with Gasteiger partial charge in [0.2, 0.25) is 0 Å². The van der Waals surface area contributed by atoms with Gasteiger partial charge in [-0.3, -0.25) is 0 Å². The molecule has 0 heterocycles. The van der Waals surface area contributed by atoms with E-state index in [0.29, 0.717) is 24.1 Å². The Kier molecular flexibility index (Phi) is 5.85. The maximum atomic E-state index is 11.4. The van der Waals surface area contributed by atoms with E-state index < -0.39 is 0 Å². The van der Waals surface area contributed by atoms with Crippen LogP contribution in [0.3, 0.4) is 0 Å². The number of methoxy groups -OCH3 is 1. The number of carbonyl (C=O) groups excluding carboxylic acids is 1. The molecule has 1 unspecified atom stereocenters. The lowest BCUT2D eigenvalue weighted by atomic mass is 10.1. The van der Waals surface area contributed by atoms with E-state index in [9.17, 15) is 4.79 Å². The van der Waals surface area contributed by atoms with Gasteiger partial charge in [0, 0.05) is 6.04 Å². The first-order valence-electron chi connectivity index (χ1n) is 6.30. The van der Waals surface area contributed by atoms with Crippen molar-refractivity contribution < 1.29 is 9.53 Å². The number of rotatable bonds is 5. The average Bonchev–Trinajstić information content (AvgIpc) is 2.44. The molecule has 0 aliphatic carbocycles. The molecule has 0 aliphatic heterocycles. The second kappa shape index (κ2) is 7.41. The molecule has 0 amide bonds. The van der Waals surface area contributed by atoms with Gasteiger partial charge in [-0.2, -0.15) is 0 Å². The SMILES string of the molecule is CCC(C)NC(N)=NCc1cccc(C(=O)OC)c1. The molecule has 0 bridgehead atoms. The summed E-state index contributed by atoms with van der Waals surface area (Å²) in [7, 11) is 1.36. The third kappa shape index (κ3) is 4.99. The fourth-order valence-electron chi connectivity index (χ4n) is 1.49. The van der Waals surface area contributed by atoms with Crippen molar-refractivity contribution >= 4 is 11.9 Å². The number of carbonyl (C=O) groups is 1. The van der Waals surface area contributed by atoms with Crippen LogP contribution in [0.5, 0.6) is 0 Å². The standard InChI is InChI=1S/C14H21N3O2/c1-4-10(2)17-14(15)16-9-11-6-5-7-12(8-11)13(18)19-3/h5-8,10H,4,9H2,1-3H3,(H3,15,16,17). The van der Waals surface area contributed by atoms with Gasteiger partial charge in [-0.05, 0) is 31.0 Å². The number of nitrogens with zero attached hydrogens (tertiary/aromatic N) is 1. The van der Waals surface area contributed by atoms with Crippen LogP contribution in [0.25, 0.3) is 0 Å². The monoisotopic (exact) mass is 263 g/mol. The number of hydrogen-bond donors (Lipinski definition) is 2. The largest absolute Gasteiger partial charge is 0.465 e. The van der Waals surface area contributed by atoms with Gasteiger partial charge in [-0.25, -0.2) is 9.79 Å². The van der Waals surface area contributed by atoms with Crippen molar-refractivity contribution in [3.63, 3.8) is 0 Å². The third-order valence-electron chi connectivity index (χ3n) is 2.79. The van der Waals surface area contributed by atoms with E-state index in [1.807, 2.05) is 13.0 Å². The van der Waals surface area contributed by atoms with Crippen LogP contribution in [0.15, 0.2) is 29.3 Å². The van der Waals surface area contributed by atoms with Crippen molar-refractivity contribution in [3.8, 4) is 0 Å². The fraction of sp³-hybridized carbons (Fsp3) is 0.429. The lowest BCUT2D eigenvalue weighted by Crippen LogP contribution is -2.38. The molecule has 1 rings (SSSR count). The fourth-order valence-corrected chi connectivity index (χ4v) is 1.49. The molecular formula is C14H21N3O2. The number of ether oxygens (including phenoxy) is 1. The second-order valence-electron chi connectivity index (χ2n) is 4.35. The van der Waals surface area contributed by atoms with Gasteiger partial charge in [-0.15, -0.1) is 0 Å². The van der Waals surface area contributed by atoms with Gasteiger partial charge in [-0.1, -0.05) is 19.1 Å². The predicted molar refractivity (Wildman–Crippen MR) is 76.0 cm³/mol. The molecule has 104 valence electrons. The Balaban J connectivity index is 2.67. The Labute approximate surface area is 113 Å². The van der Waals surface area contributed by atoms with Gasteiger partial charge in [0.15, 0.2) is 5.96 Å². The Hall–Kier alpha value is -2.04. The number of benzene rings is 1. The zero-order valence-corrected chi connectivity index (χ0v) is 11.6. The minimum atomic E-state index is -0.350. The Morgan fingerprint density at radius 1 is 1.53 bits per heavy atom. The molecule has 0 saturated heterocycles. The average molecular weight is 263 g/mol. The summed E-state index contributed by atoms with van der Waals surface area (Å²) in [6.45, 7) is 4.55. The molecular weight excluding hydrogens is 242 g/mol. The summed E-state index contributed by atoms with van der Waals surface area (Å²) in [5.74, 6) is 0.0642. The van der Waals surface area contributed by atoms with Crippen molar-refractivity contribution in [2.75, 3.05) is 7.11 Å². The van der Waals surface area contributed by atoms with E-state index in [1.54, 1.807) is 18.2 Å². The van der Waals surface area contributed by atoms with Gasteiger partial charge in [0.05, 0.1) is 19.2 Å². The van der Waals surface area contributed by atoms with Crippen LogP contribution in [-0.4, -0.2) is 25.1 Å². The van der Waals surface area contributed by atoms with Gasteiger partial charge in [0.25, 0.3) is 0 Å². The minimum Gasteiger partial charge on any atom is -0.465 e. The molecule has 1 atom stereocenters. The number of nitrogens with two attached hydrogens (primary N) is 1. The first-order chi connectivity index (χ1) is 9.06. The van der Waals surface area contributed by atoms with Crippen molar-refractivity contribution in [2.24, 2.45) is 10.7 Å².